The van der Waals surface area contributed by atoms with E-state index in [1.807, 2.05) is 30.5 Å². The predicted octanol–water partition coefficient (Wildman–Crippen LogP) is 3.17. The van der Waals surface area contributed by atoms with Crippen LogP contribution < -0.4 is 5.32 Å². The van der Waals surface area contributed by atoms with Crippen LogP contribution in [0, 0.1) is 0 Å². The van der Waals surface area contributed by atoms with E-state index in [9.17, 15) is 4.79 Å². The molecule has 20 heavy (non-hydrogen) atoms. The van der Waals surface area contributed by atoms with Crippen LogP contribution in [-0.2, 0) is 23.5 Å². The van der Waals surface area contributed by atoms with Crippen LogP contribution in [0.15, 0.2) is 35.7 Å². The van der Waals surface area contributed by atoms with E-state index in [2.05, 4.69) is 22.4 Å². The molecule has 2 aromatic rings. The topological polar surface area (TPSA) is 42.0 Å². The van der Waals surface area contributed by atoms with Gasteiger partial charge in [-0.15, -0.1) is 22.9 Å². The summed E-state index contributed by atoms with van der Waals surface area (Å²) in [5, 5.41) is 5.70. The molecule has 3 nitrogen and oxygen atoms in total. The molecule has 0 spiro atoms. The Bertz CT molecular complexity index is 556. The molecule has 0 aliphatic rings. The number of hydrogen-bond acceptors (Lipinski definition) is 3. The average molecular weight is 309 g/mol. The highest BCUT2D eigenvalue weighted by atomic mass is 35.5. The van der Waals surface area contributed by atoms with E-state index in [4.69, 9.17) is 11.6 Å². The minimum Gasteiger partial charge on any atom is -0.353 e. The molecule has 0 radical (unpaired) electrons. The lowest BCUT2D eigenvalue weighted by atomic mass is 10.1. The number of thiazole rings is 1. The van der Waals surface area contributed by atoms with Crippen molar-refractivity contribution in [3.05, 3.63) is 52.0 Å². The fraction of sp³-hybridized carbons (Fsp3) is 0.333. The van der Waals surface area contributed by atoms with Gasteiger partial charge in [-0.1, -0.05) is 30.3 Å². The molecule has 0 aliphatic heterocycles. The minimum atomic E-state index is 0.00361. The van der Waals surface area contributed by atoms with Gasteiger partial charge in [0.25, 0.3) is 0 Å². The molecule has 1 amide bonds. The number of hydrogen-bond donors (Lipinski definition) is 1. The van der Waals surface area contributed by atoms with E-state index >= 15 is 0 Å². The van der Waals surface area contributed by atoms with Gasteiger partial charge in [0.2, 0.25) is 5.91 Å². The van der Waals surface area contributed by atoms with Crippen molar-refractivity contribution in [3.63, 3.8) is 0 Å². The summed E-state index contributed by atoms with van der Waals surface area (Å²) in [6, 6.07) is 10.2. The molecule has 1 aromatic carbocycles. The van der Waals surface area contributed by atoms with Gasteiger partial charge >= 0.3 is 0 Å². The second-order valence-corrected chi connectivity index (χ2v) is 5.91. The van der Waals surface area contributed by atoms with Gasteiger partial charge in [-0.25, -0.2) is 4.98 Å². The molecule has 0 aliphatic carbocycles. The maximum atomic E-state index is 11.9. The summed E-state index contributed by atoms with van der Waals surface area (Å²) in [6.45, 7) is 2.01. The Hall–Kier alpha value is -1.39. The van der Waals surface area contributed by atoms with Crippen LogP contribution in [-0.4, -0.2) is 16.9 Å². The molecule has 2 rings (SSSR count). The van der Waals surface area contributed by atoms with E-state index in [0.29, 0.717) is 12.3 Å². The van der Waals surface area contributed by atoms with Crippen molar-refractivity contribution in [2.75, 3.05) is 0 Å². The van der Waals surface area contributed by atoms with Gasteiger partial charge in [-0.05, 0) is 18.9 Å². The number of amides is 1. The van der Waals surface area contributed by atoms with Crippen LogP contribution in [0.25, 0.3) is 0 Å². The van der Waals surface area contributed by atoms with Crippen LogP contribution in [0.1, 0.15) is 23.2 Å². The first-order valence-electron chi connectivity index (χ1n) is 6.50. The molecule has 5 heteroatoms. The molecule has 1 N–H and O–H groups in total. The molecule has 0 saturated carbocycles. The maximum Gasteiger partial charge on any atom is 0.227 e. The summed E-state index contributed by atoms with van der Waals surface area (Å²) >= 11 is 7.17. The highest BCUT2D eigenvalue weighted by Crippen LogP contribution is 2.12. The highest BCUT2D eigenvalue weighted by molar-refractivity contribution is 7.09. The number of aromatic nitrogens is 1. The molecule has 1 atom stereocenters. The molecular weight excluding hydrogens is 292 g/mol. The smallest absolute Gasteiger partial charge is 0.227 e. The van der Waals surface area contributed by atoms with Crippen molar-refractivity contribution in [3.8, 4) is 0 Å². The first kappa shape index (κ1) is 15.0. The Morgan fingerprint density at radius 2 is 2.15 bits per heavy atom. The van der Waals surface area contributed by atoms with Crippen molar-refractivity contribution in [2.45, 2.75) is 31.7 Å². The zero-order chi connectivity index (χ0) is 14.4. The van der Waals surface area contributed by atoms with Crippen LogP contribution in [0.3, 0.4) is 0 Å². The normalized spacial score (nSPS) is 12.1. The van der Waals surface area contributed by atoms with Crippen molar-refractivity contribution in [2.24, 2.45) is 0 Å². The SMILES string of the molecule is CC(Cc1ccccc1)NC(=O)Cc1nc(CCl)cs1. The first-order chi connectivity index (χ1) is 9.67. The highest BCUT2D eigenvalue weighted by Gasteiger charge is 2.11. The number of carbonyl (C=O) groups excluding carboxylic acids is 1. The Morgan fingerprint density at radius 1 is 1.40 bits per heavy atom. The average Bonchev–Trinajstić information content (AvgIpc) is 2.87. The molecule has 1 heterocycles. The fourth-order valence-corrected chi connectivity index (χ4v) is 2.99. The molecule has 0 fully saturated rings. The Labute approximate surface area is 128 Å². The van der Waals surface area contributed by atoms with Gasteiger partial charge in [0.05, 0.1) is 18.0 Å². The molecule has 0 saturated heterocycles. The minimum absolute atomic E-state index is 0.00361. The largest absolute Gasteiger partial charge is 0.353 e. The van der Waals surface area contributed by atoms with Crippen LogP contribution in [0.2, 0.25) is 0 Å². The van der Waals surface area contributed by atoms with Crippen molar-refractivity contribution in [1.82, 2.24) is 10.3 Å². The number of nitrogens with zero attached hydrogens (tertiary/aromatic N) is 1. The fourth-order valence-electron chi connectivity index (χ4n) is 1.97. The maximum absolute atomic E-state index is 11.9. The van der Waals surface area contributed by atoms with Gasteiger partial charge in [0.1, 0.15) is 5.01 Å². The van der Waals surface area contributed by atoms with Gasteiger partial charge in [0.15, 0.2) is 0 Å². The van der Waals surface area contributed by atoms with Crippen LogP contribution in [0.4, 0.5) is 0 Å². The van der Waals surface area contributed by atoms with E-state index in [0.717, 1.165) is 17.1 Å². The van der Waals surface area contributed by atoms with E-state index in [-0.39, 0.29) is 11.9 Å². The van der Waals surface area contributed by atoms with Gasteiger partial charge < -0.3 is 5.32 Å². The third kappa shape index (κ3) is 4.62. The Balaban J connectivity index is 1.81. The Kier molecular flexibility index (Phi) is 5.56. The standard InChI is InChI=1S/C15H17ClN2OS/c1-11(7-12-5-3-2-4-6-12)17-14(19)8-15-18-13(9-16)10-20-15/h2-6,10-11H,7-9H2,1H3,(H,17,19). The number of nitrogens with one attached hydrogen (secondary N) is 1. The van der Waals surface area contributed by atoms with Crippen molar-refractivity contribution in [1.29, 1.82) is 0 Å². The van der Waals surface area contributed by atoms with Crippen molar-refractivity contribution >= 4 is 28.8 Å². The summed E-state index contributed by atoms with van der Waals surface area (Å²) in [4.78, 5) is 16.2. The second-order valence-electron chi connectivity index (χ2n) is 4.70. The molecule has 0 bridgehead atoms. The third-order valence-electron chi connectivity index (χ3n) is 2.84. The van der Waals surface area contributed by atoms with Crippen LogP contribution in [0.5, 0.6) is 0 Å². The van der Waals surface area contributed by atoms with E-state index in [1.165, 1.54) is 16.9 Å². The monoisotopic (exact) mass is 308 g/mol. The zero-order valence-corrected chi connectivity index (χ0v) is 12.9. The number of rotatable bonds is 6. The lowest BCUT2D eigenvalue weighted by Gasteiger charge is -2.13. The zero-order valence-electron chi connectivity index (χ0n) is 11.3. The van der Waals surface area contributed by atoms with Gasteiger partial charge in [0, 0.05) is 11.4 Å². The predicted molar refractivity (Wildman–Crippen MR) is 83.1 cm³/mol. The lowest BCUT2D eigenvalue weighted by Crippen LogP contribution is -2.35. The Morgan fingerprint density at radius 3 is 2.80 bits per heavy atom. The van der Waals surface area contributed by atoms with Gasteiger partial charge in [-0.2, -0.15) is 0 Å². The molecular formula is C15H17ClN2OS. The van der Waals surface area contributed by atoms with Crippen LogP contribution >= 0.6 is 22.9 Å². The third-order valence-corrected chi connectivity index (χ3v) is 4.01. The number of halogens is 1. The first-order valence-corrected chi connectivity index (χ1v) is 7.91. The van der Waals surface area contributed by atoms with Gasteiger partial charge in [-0.3, -0.25) is 4.79 Å². The summed E-state index contributed by atoms with van der Waals surface area (Å²) in [7, 11) is 0. The van der Waals surface area contributed by atoms with E-state index < -0.39 is 0 Å². The summed E-state index contributed by atoms with van der Waals surface area (Å²) in [5.41, 5.74) is 2.05. The number of alkyl halides is 1. The molecule has 1 aromatic heterocycles. The quantitative estimate of drug-likeness (QED) is 0.833. The summed E-state index contributed by atoms with van der Waals surface area (Å²) in [5.74, 6) is 0.395. The van der Waals surface area contributed by atoms with E-state index in [1.54, 1.807) is 0 Å². The second kappa shape index (κ2) is 7.41. The lowest BCUT2D eigenvalue weighted by molar-refractivity contribution is -0.121. The summed E-state index contributed by atoms with van der Waals surface area (Å²) < 4.78 is 0. The molecule has 1 unspecified atom stereocenters. The summed E-state index contributed by atoms with van der Waals surface area (Å²) in [6.07, 6.45) is 1.15. The number of carbonyl (C=O) groups is 1. The van der Waals surface area contributed by atoms with Crippen molar-refractivity contribution < 1.29 is 4.79 Å². The number of benzene rings is 1. The molecule has 106 valence electrons.